The first-order chi connectivity index (χ1) is 11.5. The number of benzene rings is 1. The molecule has 0 radical (unpaired) electrons. The molecule has 0 aliphatic heterocycles. The number of aldehydes is 1. The lowest BCUT2D eigenvalue weighted by Crippen LogP contribution is -2.45. The summed E-state index contributed by atoms with van der Waals surface area (Å²) < 4.78 is 11.1. The average molecular weight is 399 g/mol. The van der Waals surface area contributed by atoms with Crippen LogP contribution in [0.4, 0.5) is 4.79 Å². The molecule has 3 amide bonds. The van der Waals surface area contributed by atoms with Crippen LogP contribution in [0.1, 0.15) is 36.0 Å². The van der Waals surface area contributed by atoms with E-state index < -0.39 is 11.9 Å². The lowest BCUT2D eigenvalue weighted by atomic mass is 10.2. The van der Waals surface area contributed by atoms with Gasteiger partial charge in [0.05, 0.1) is 7.11 Å². The van der Waals surface area contributed by atoms with Crippen molar-refractivity contribution in [3.8, 4) is 11.5 Å². The van der Waals surface area contributed by atoms with Crippen LogP contribution in [0, 0.1) is 0 Å². The Morgan fingerprint density at radius 2 is 2.00 bits per heavy atom. The van der Waals surface area contributed by atoms with Crippen molar-refractivity contribution in [2.75, 3.05) is 13.7 Å². The van der Waals surface area contributed by atoms with Crippen molar-refractivity contribution in [1.29, 1.82) is 0 Å². The van der Waals surface area contributed by atoms with E-state index >= 15 is 0 Å². The molecule has 1 aliphatic carbocycles. The fraction of sp³-hybridized carbons (Fsp3) is 0.438. The normalized spacial score (nSPS) is 14.1. The molecule has 24 heavy (non-hydrogen) atoms. The predicted octanol–water partition coefficient (Wildman–Crippen LogP) is 2.42. The van der Waals surface area contributed by atoms with Crippen LogP contribution in [0.3, 0.4) is 0 Å². The van der Waals surface area contributed by atoms with Crippen molar-refractivity contribution >= 4 is 34.2 Å². The molecule has 1 aromatic carbocycles. The Hall–Kier alpha value is -2.09. The van der Waals surface area contributed by atoms with Gasteiger partial charge >= 0.3 is 6.03 Å². The number of carbonyl (C=O) groups is 3. The van der Waals surface area contributed by atoms with Gasteiger partial charge in [-0.15, -0.1) is 0 Å². The second-order valence-corrected chi connectivity index (χ2v) is 6.29. The molecule has 1 fully saturated rings. The lowest BCUT2D eigenvalue weighted by molar-refractivity contribution is -0.122. The van der Waals surface area contributed by atoms with Gasteiger partial charge < -0.3 is 14.8 Å². The zero-order chi connectivity index (χ0) is 17.5. The number of ether oxygens (including phenoxy) is 2. The highest BCUT2D eigenvalue weighted by atomic mass is 79.9. The van der Waals surface area contributed by atoms with Gasteiger partial charge in [-0.25, -0.2) is 4.79 Å². The van der Waals surface area contributed by atoms with Gasteiger partial charge in [0.25, 0.3) is 5.91 Å². The zero-order valence-electron chi connectivity index (χ0n) is 13.3. The molecule has 0 spiro atoms. The molecule has 8 heteroatoms. The van der Waals surface area contributed by atoms with Gasteiger partial charge in [0, 0.05) is 16.1 Å². The number of halogens is 1. The monoisotopic (exact) mass is 398 g/mol. The highest BCUT2D eigenvalue weighted by Gasteiger charge is 2.18. The van der Waals surface area contributed by atoms with Crippen LogP contribution in [0.5, 0.6) is 11.5 Å². The molecule has 1 aliphatic rings. The maximum absolute atomic E-state index is 11.8. The molecule has 0 bridgehead atoms. The van der Waals surface area contributed by atoms with E-state index in [4.69, 9.17) is 9.47 Å². The summed E-state index contributed by atoms with van der Waals surface area (Å²) in [4.78, 5) is 34.5. The molecular formula is C16H19BrN2O5. The summed E-state index contributed by atoms with van der Waals surface area (Å²) in [6, 6.07) is 2.64. The Labute approximate surface area is 148 Å². The molecule has 0 heterocycles. The molecule has 0 unspecified atom stereocenters. The van der Waals surface area contributed by atoms with Gasteiger partial charge in [0.1, 0.15) is 0 Å². The largest absolute Gasteiger partial charge is 0.493 e. The maximum Gasteiger partial charge on any atom is 0.321 e. The Bertz CT molecular complexity index is 629. The SMILES string of the molecule is COc1cc(Br)c(C=O)cc1OCC(=O)NC(=O)NC1CCCC1. The molecule has 0 aromatic heterocycles. The summed E-state index contributed by atoms with van der Waals surface area (Å²) >= 11 is 3.24. The van der Waals surface area contributed by atoms with Gasteiger partial charge in [-0.2, -0.15) is 0 Å². The number of urea groups is 1. The van der Waals surface area contributed by atoms with Crippen LogP contribution < -0.4 is 20.1 Å². The molecule has 2 N–H and O–H groups in total. The first-order valence-electron chi connectivity index (χ1n) is 7.59. The number of amides is 3. The number of hydrogen-bond acceptors (Lipinski definition) is 5. The van der Waals surface area contributed by atoms with Crippen LogP contribution >= 0.6 is 15.9 Å². The second-order valence-electron chi connectivity index (χ2n) is 5.43. The fourth-order valence-corrected chi connectivity index (χ4v) is 2.93. The van der Waals surface area contributed by atoms with Gasteiger partial charge in [0.15, 0.2) is 24.4 Å². The molecule has 1 aromatic rings. The van der Waals surface area contributed by atoms with Crippen LogP contribution in [-0.2, 0) is 4.79 Å². The topological polar surface area (TPSA) is 93.7 Å². The highest BCUT2D eigenvalue weighted by molar-refractivity contribution is 9.10. The minimum absolute atomic E-state index is 0.125. The van der Waals surface area contributed by atoms with E-state index in [9.17, 15) is 14.4 Å². The molecular weight excluding hydrogens is 380 g/mol. The van der Waals surface area contributed by atoms with Crippen LogP contribution in [0.2, 0.25) is 0 Å². The van der Waals surface area contributed by atoms with Gasteiger partial charge in [-0.05, 0) is 40.9 Å². The summed E-state index contributed by atoms with van der Waals surface area (Å²) in [5, 5.41) is 4.97. The Morgan fingerprint density at radius 3 is 2.62 bits per heavy atom. The molecule has 130 valence electrons. The quantitative estimate of drug-likeness (QED) is 0.717. The van der Waals surface area contributed by atoms with Crippen molar-refractivity contribution in [2.24, 2.45) is 0 Å². The van der Waals surface area contributed by atoms with Crippen molar-refractivity contribution < 1.29 is 23.9 Å². The van der Waals surface area contributed by atoms with Crippen molar-refractivity contribution in [2.45, 2.75) is 31.7 Å². The van der Waals surface area contributed by atoms with Gasteiger partial charge in [-0.1, -0.05) is 12.8 Å². The van der Waals surface area contributed by atoms with Crippen LogP contribution in [0.25, 0.3) is 0 Å². The lowest BCUT2D eigenvalue weighted by Gasteiger charge is -2.14. The number of imide groups is 1. The van der Waals surface area contributed by atoms with E-state index in [1.54, 1.807) is 6.07 Å². The number of carbonyl (C=O) groups excluding carboxylic acids is 3. The first-order valence-corrected chi connectivity index (χ1v) is 8.38. The van der Waals surface area contributed by atoms with Gasteiger partial charge in [-0.3, -0.25) is 14.9 Å². The van der Waals surface area contributed by atoms with E-state index in [2.05, 4.69) is 26.6 Å². The Kier molecular flexibility index (Phi) is 6.60. The van der Waals surface area contributed by atoms with E-state index in [-0.39, 0.29) is 18.4 Å². The van der Waals surface area contributed by atoms with Crippen molar-refractivity contribution in [3.63, 3.8) is 0 Å². The number of methoxy groups -OCH3 is 1. The average Bonchev–Trinajstić information content (AvgIpc) is 3.05. The molecule has 7 nitrogen and oxygen atoms in total. The minimum atomic E-state index is -0.580. The highest BCUT2D eigenvalue weighted by Crippen LogP contribution is 2.32. The third kappa shape index (κ3) is 4.95. The third-order valence-electron chi connectivity index (χ3n) is 3.71. The van der Waals surface area contributed by atoms with Crippen LogP contribution in [0.15, 0.2) is 16.6 Å². The maximum atomic E-state index is 11.8. The molecule has 1 saturated carbocycles. The van der Waals surface area contributed by atoms with Gasteiger partial charge in [0.2, 0.25) is 0 Å². The Balaban J connectivity index is 1.88. The number of rotatable bonds is 6. The Morgan fingerprint density at radius 1 is 1.29 bits per heavy atom. The van der Waals surface area contributed by atoms with E-state index in [1.807, 2.05) is 0 Å². The minimum Gasteiger partial charge on any atom is -0.493 e. The second kappa shape index (κ2) is 8.68. The van der Waals surface area contributed by atoms with E-state index in [1.165, 1.54) is 13.2 Å². The van der Waals surface area contributed by atoms with Crippen LogP contribution in [-0.4, -0.2) is 38.0 Å². The summed E-state index contributed by atoms with van der Waals surface area (Å²) in [5.74, 6) is 0.0351. The van der Waals surface area contributed by atoms with E-state index in [0.717, 1.165) is 25.7 Å². The van der Waals surface area contributed by atoms with Crippen molar-refractivity contribution in [1.82, 2.24) is 10.6 Å². The van der Waals surface area contributed by atoms with Crippen molar-refractivity contribution in [3.05, 3.63) is 22.2 Å². The summed E-state index contributed by atoms with van der Waals surface area (Å²) in [6.45, 7) is -0.367. The van der Waals surface area contributed by atoms with E-state index in [0.29, 0.717) is 22.1 Å². The fourth-order valence-electron chi connectivity index (χ4n) is 2.51. The summed E-state index contributed by atoms with van der Waals surface area (Å²) in [5.41, 5.74) is 0.366. The first kappa shape index (κ1) is 18.3. The molecule has 0 atom stereocenters. The smallest absolute Gasteiger partial charge is 0.321 e. The number of hydrogen-bond donors (Lipinski definition) is 2. The molecule has 2 rings (SSSR count). The zero-order valence-corrected chi connectivity index (χ0v) is 14.9. The molecule has 0 saturated heterocycles. The predicted molar refractivity (Wildman–Crippen MR) is 90.5 cm³/mol. The standard InChI is InChI=1S/C16H19BrN2O5/c1-23-13-7-12(17)10(8-20)6-14(13)24-9-15(21)19-16(22)18-11-4-2-3-5-11/h6-8,11H,2-5,9H2,1H3,(H2,18,19,21,22). The summed E-state index contributed by atoms with van der Waals surface area (Å²) in [6.07, 6.45) is 4.70. The summed E-state index contributed by atoms with van der Waals surface area (Å²) in [7, 11) is 1.45. The third-order valence-corrected chi connectivity index (χ3v) is 4.40. The number of nitrogens with one attached hydrogen (secondary N) is 2.